The minimum absolute atomic E-state index is 0.00518. The highest BCUT2D eigenvalue weighted by Crippen LogP contribution is 2.37. The SMILES string of the molecule is O=c1[nH]c(-c2ccc3c(nc(CN4CCc5cc(C(F)(F)F)c(NCc6c(F)cc(Cl)cc6F)nc5C4)n3C[C@@H]3CCO3)c2F)no1. The van der Waals surface area contributed by atoms with Crippen LogP contribution in [-0.2, 0) is 43.5 Å². The van der Waals surface area contributed by atoms with E-state index in [2.05, 4.69) is 29.9 Å². The lowest BCUT2D eigenvalue weighted by molar-refractivity contribution is -0.137. The monoisotopic (exact) mass is 679 g/mol. The molecular formula is C30H24ClF6N7O3. The van der Waals surface area contributed by atoms with E-state index in [4.69, 9.17) is 16.3 Å². The molecule has 0 bridgehead atoms. The highest BCUT2D eigenvalue weighted by atomic mass is 35.5. The molecule has 7 rings (SSSR count). The van der Waals surface area contributed by atoms with Crippen LogP contribution in [0.25, 0.3) is 22.4 Å². The van der Waals surface area contributed by atoms with E-state index in [0.29, 0.717) is 42.3 Å². The molecule has 2 aliphatic rings. The van der Waals surface area contributed by atoms with Gasteiger partial charge in [-0.1, -0.05) is 16.8 Å². The van der Waals surface area contributed by atoms with Crippen LogP contribution in [0.3, 0.4) is 0 Å². The Labute approximate surface area is 266 Å². The van der Waals surface area contributed by atoms with E-state index in [0.717, 1.165) is 24.6 Å². The maximum Gasteiger partial charge on any atom is 0.439 e. The quantitative estimate of drug-likeness (QED) is 0.197. The first-order chi connectivity index (χ1) is 22.4. The van der Waals surface area contributed by atoms with Crippen LogP contribution >= 0.6 is 11.6 Å². The third kappa shape index (κ3) is 6.07. The maximum absolute atomic E-state index is 15.7. The van der Waals surface area contributed by atoms with Gasteiger partial charge in [0, 0.05) is 36.8 Å². The first-order valence-corrected chi connectivity index (χ1v) is 14.9. The third-order valence-electron chi connectivity index (χ3n) is 8.28. The number of halogens is 7. The Morgan fingerprint density at radius 1 is 1.11 bits per heavy atom. The van der Waals surface area contributed by atoms with Gasteiger partial charge in [0.15, 0.2) is 11.6 Å². The molecule has 2 aromatic carbocycles. The smallest absolute Gasteiger partial charge is 0.376 e. The van der Waals surface area contributed by atoms with Gasteiger partial charge in [0.25, 0.3) is 0 Å². The normalized spacial score (nSPS) is 16.8. The lowest BCUT2D eigenvalue weighted by Gasteiger charge is -2.30. The number of rotatable bonds is 8. The number of aromatic amines is 1. The molecule has 0 amide bonds. The van der Waals surface area contributed by atoms with Crippen molar-refractivity contribution in [3.8, 4) is 11.4 Å². The van der Waals surface area contributed by atoms with Crippen molar-refractivity contribution in [3.05, 3.63) is 91.6 Å². The predicted octanol–water partition coefficient (Wildman–Crippen LogP) is 5.82. The van der Waals surface area contributed by atoms with Crippen LogP contribution in [0.1, 0.15) is 34.6 Å². The van der Waals surface area contributed by atoms with Crippen molar-refractivity contribution in [1.82, 2.24) is 29.6 Å². The number of nitrogens with one attached hydrogen (secondary N) is 2. The molecule has 246 valence electrons. The van der Waals surface area contributed by atoms with E-state index >= 15 is 4.39 Å². The summed E-state index contributed by atoms with van der Waals surface area (Å²) in [5.41, 5.74) is -0.284. The minimum atomic E-state index is -4.78. The standard InChI is InChI=1S/C30H24ClF6N7O3/c31-15-8-20(32)18(21(33)9-15)10-38-28-19(30(35,36)37)7-14-3-5-43(12-22(14)39-28)13-24-40-26-23(44(24)11-16-4-6-46-16)2-1-17(25(26)34)27-41-29(45)47-42-27/h1-2,7-9,16H,3-6,10-13H2,(H,38,39)(H,41,42,45)/t16-/m0/s1. The van der Waals surface area contributed by atoms with Crippen LogP contribution in [0.5, 0.6) is 0 Å². The summed E-state index contributed by atoms with van der Waals surface area (Å²) < 4.78 is 98.5. The van der Waals surface area contributed by atoms with Gasteiger partial charge in [-0.2, -0.15) is 13.2 Å². The van der Waals surface area contributed by atoms with Crippen molar-refractivity contribution in [3.63, 3.8) is 0 Å². The zero-order valence-electron chi connectivity index (χ0n) is 24.2. The Morgan fingerprint density at radius 3 is 2.53 bits per heavy atom. The average molecular weight is 680 g/mol. The van der Waals surface area contributed by atoms with Gasteiger partial charge in [0.2, 0.25) is 0 Å². The average Bonchev–Trinajstić information content (AvgIpc) is 3.57. The Bertz CT molecular complexity index is 2030. The van der Waals surface area contributed by atoms with Crippen LogP contribution in [0, 0.1) is 17.5 Å². The molecule has 5 heterocycles. The molecule has 0 unspecified atom stereocenters. The zero-order chi connectivity index (χ0) is 33.0. The number of anilines is 1. The molecule has 0 saturated carbocycles. The molecule has 2 aliphatic heterocycles. The summed E-state index contributed by atoms with van der Waals surface area (Å²) in [4.78, 5) is 24.6. The van der Waals surface area contributed by atoms with E-state index in [1.807, 2.05) is 9.47 Å². The maximum atomic E-state index is 15.7. The van der Waals surface area contributed by atoms with E-state index in [1.54, 1.807) is 6.07 Å². The van der Waals surface area contributed by atoms with Crippen molar-refractivity contribution in [1.29, 1.82) is 0 Å². The number of alkyl halides is 3. The Morgan fingerprint density at radius 2 is 1.87 bits per heavy atom. The van der Waals surface area contributed by atoms with Crippen LogP contribution < -0.4 is 11.1 Å². The number of benzene rings is 2. The van der Waals surface area contributed by atoms with Gasteiger partial charge in [-0.15, -0.1) is 0 Å². The predicted molar refractivity (Wildman–Crippen MR) is 156 cm³/mol. The second-order valence-corrected chi connectivity index (χ2v) is 11.7. The van der Waals surface area contributed by atoms with Gasteiger partial charge in [0.1, 0.15) is 28.8 Å². The van der Waals surface area contributed by atoms with Crippen LogP contribution in [0.4, 0.5) is 32.2 Å². The molecule has 10 nitrogen and oxygen atoms in total. The van der Waals surface area contributed by atoms with Gasteiger partial charge in [-0.25, -0.2) is 27.9 Å². The molecule has 0 radical (unpaired) electrons. The molecule has 3 aromatic heterocycles. The fourth-order valence-electron chi connectivity index (χ4n) is 5.81. The van der Waals surface area contributed by atoms with Crippen molar-refractivity contribution in [2.24, 2.45) is 0 Å². The van der Waals surface area contributed by atoms with E-state index in [-0.39, 0.29) is 47.5 Å². The van der Waals surface area contributed by atoms with Gasteiger partial charge in [0.05, 0.1) is 41.5 Å². The van der Waals surface area contributed by atoms with E-state index in [1.165, 1.54) is 6.07 Å². The van der Waals surface area contributed by atoms with Crippen LogP contribution in [0.2, 0.25) is 5.02 Å². The molecule has 5 aromatic rings. The first-order valence-electron chi connectivity index (χ1n) is 14.5. The molecular weight excluding hydrogens is 656 g/mol. The zero-order valence-corrected chi connectivity index (χ0v) is 25.0. The number of H-pyrrole nitrogens is 1. The van der Waals surface area contributed by atoms with Crippen LogP contribution in [0.15, 0.2) is 39.6 Å². The summed E-state index contributed by atoms with van der Waals surface area (Å²) in [5.74, 6) is -3.73. The number of pyridine rings is 1. The Kier molecular flexibility index (Phi) is 7.96. The summed E-state index contributed by atoms with van der Waals surface area (Å²) in [5, 5.41) is 5.84. The Balaban J connectivity index is 1.19. The fourth-order valence-corrected chi connectivity index (χ4v) is 6.00. The number of ether oxygens (including phenoxy) is 1. The first kappa shape index (κ1) is 31.2. The molecule has 2 N–H and O–H groups in total. The summed E-state index contributed by atoms with van der Waals surface area (Å²) in [6.07, 6.45) is -3.85. The molecule has 0 aliphatic carbocycles. The molecule has 1 fully saturated rings. The Hall–Kier alpha value is -4.41. The molecule has 1 atom stereocenters. The topological polar surface area (TPSA) is 114 Å². The van der Waals surface area contributed by atoms with E-state index < -0.39 is 52.9 Å². The minimum Gasteiger partial charge on any atom is -0.376 e. The number of imidazole rings is 1. The van der Waals surface area contributed by atoms with Gasteiger partial charge >= 0.3 is 11.9 Å². The molecule has 0 spiro atoms. The van der Waals surface area contributed by atoms with Crippen molar-refractivity contribution in [2.45, 2.75) is 51.3 Å². The fraction of sp³-hybridized carbons (Fsp3) is 0.333. The second-order valence-electron chi connectivity index (χ2n) is 11.3. The lowest BCUT2D eigenvalue weighted by Crippen LogP contribution is -2.34. The molecule has 1 saturated heterocycles. The summed E-state index contributed by atoms with van der Waals surface area (Å²) in [6, 6.07) is 5.87. The number of hydrogen-bond donors (Lipinski definition) is 2. The number of hydrogen-bond acceptors (Lipinski definition) is 8. The third-order valence-corrected chi connectivity index (χ3v) is 8.50. The van der Waals surface area contributed by atoms with Crippen LogP contribution in [-0.4, -0.2) is 48.8 Å². The van der Waals surface area contributed by atoms with Gasteiger partial charge in [-0.3, -0.25) is 14.4 Å². The second kappa shape index (κ2) is 12.0. The summed E-state index contributed by atoms with van der Waals surface area (Å²) in [6.45, 7) is 1.08. The molecule has 17 heteroatoms. The number of nitrogens with zero attached hydrogens (tertiary/aromatic N) is 5. The van der Waals surface area contributed by atoms with Crippen molar-refractivity contribution < 1.29 is 35.6 Å². The number of fused-ring (bicyclic) bond motifs is 2. The van der Waals surface area contributed by atoms with Crippen molar-refractivity contribution in [2.75, 3.05) is 18.5 Å². The summed E-state index contributed by atoms with van der Waals surface area (Å²) >= 11 is 5.67. The highest BCUT2D eigenvalue weighted by Gasteiger charge is 2.36. The summed E-state index contributed by atoms with van der Waals surface area (Å²) in [7, 11) is 0. The lowest BCUT2D eigenvalue weighted by atomic mass is 10.0. The highest BCUT2D eigenvalue weighted by molar-refractivity contribution is 6.30. The van der Waals surface area contributed by atoms with Gasteiger partial charge in [-0.05, 0) is 48.7 Å². The number of aromatic nitrogens is 5. The van der Waals surface area contributed by atoms with Crippen molar-refractivity contribution >= 4 is 28.5 Å². The largest absolute Gasteiger partial charge is 0.439 e. The van der Waals surface area contributed by atoms with Gasteiger partial charge < -0.3 is 14.6 Å². The van der Waals surface area contributed by atoms with E-state index in [9.17, 15) is 26.7 Å². The molecule has 47 heavy (non-hydrogen) atoms.